The minimum absolute atomic E-state index is 0.0944. The number of piperidine rings is 1. The number of aryl methyl sites for hydroxylation is 2. The Labute approximate surface area is 148 Å². The molecule has 1 aliphatic rings. The minimum atomic E-state index is -0.0944. The van der Waals surface area contributed by atoms with Crippen molar-refractivity contribution in [2.75, 3.05) is 13.1 Å². The van der Waals surface area contributed by atoms with Crippen molar-refractivity contribution in [1.82, 2.24) is 9.88 Å². The predicted molar refractivity (Wildman–Crippen MR) is 99.3 cm³/mol. The van der Waals surface area contributed by atoms with Crippen molar-refractivity contribution in [3.63, 3.8) is 0 Å². The van der Waals surface area contributed by atoms with Crippen molar-refractivity contribution < 1.29 is 4.39 Å². The lowest BCUT2D eigenvalue weighted by molar-refractivity contribution is 0.160. The van der Waals surface area contributed by atoms with Crippen LogP contribution in [0.15, 0.2) is 35.3 Å². The van der Waals surface area contributed by atoms with E-state index in [2.05, 4.69) is 9.88 Å². The molecule has 3 nitrogen and oxygen atoms in total. The highest BCUT2D eigenvalue weighted by Gasteiger charge is 2.21. The van der Waals surface area contributed by atoms with E-state index in [1.54, 1.807) is 12.1 Å². The van der Waals surface area contributed by atoms with Crippen molar-refractivity contribution in [3.05, 3.63) is 68.9 Å². The highest BCUT2D eigenvalue weighted by Crippen LogP contribution is 2.23. The lowest BCUT2D eigenvalue weighted by Crippen LogP contribution is -2.36. The zero-order valence-corrected chi connectivity index (χ0v) is 15.1. The van der Waals surface area contributed by atoms with Crippen LogP contribution in [-0.2, 0) is 13.0 Å². The van der Waals surface area contributed by atoms with E-state index < -0.39 is 0 Å². The normalized spacial score (nSPS) is 18.4. The minimum Gasteiger partial charge on any atom is -0.363 e. The van der Waals surface area contributed by atoms with Crippen LogP contribution in [0.3, 0.4) is 0 Å². The summed E-state index contributed by atoms with van der Waals surface area (Å²) in [4.78, 5) is 17.8. The maximum absolute atomic E-state index is 13.8. The molecule has 1 N–H and O–H groups in total. The maximum Gasteiger partial charge on any atom is 0.187 e. The highest BCUT2D eigenvalue weighted by molar-refractivity contribution is 5.23. The zero-order chi connectivity index (χ0) is 17.8. The first kappa shape index (κ1) is 17.9. The third kappa shape index (κ3) is 4.37. The molecular weight excluding hydrogens is 315 g/mol. The summed E-state index contributed by atoms with van der Waals surface area (Å²) in [6.07, 6.45) is 5.99. The molecule has 0 radical (unpaired) electrons. The maximum atomic E-state index is 13.8. The van der Waals surface area contributed by atoms with Gasteiger partial charge in [0, 0.05) is 36.1 Å². The molecule has 0 amide bonds. The molecule has 1 atom stereocenters. The quantitative estimate of drug-likeness (QED) is 0.892. The molecule has 25 heavy (non-hydrogen) atoms. The molecule has 2 aromatic rings. The molecule has 3 rings (SSSR count). The number of H-pyrrole nitrogens is 1. The van der Waals surface area contributed by atoms with Crippen molar-refractivity contribution in [1.29, 1.82) is 0 Å². The molecule has 0 saturated carbocycles. The molecule has 134 valence electrons. The third-order valence-corrected chi connectivity index (χ3v) is 5.38. The summed E-state index contributed by atoms with van der Waals surface area (Å²) in [6, 6.07) is 7.07. The van der Waals surface area contributed by atoms with E-state index in [-0.39, 0.29) is 11.2 Å². The van der Waals surface area contributed by atoms with Crippen molar-refractivity contribution in [2.24, 2.45) is 5.92 Å². The van der Waals surface area contributed by atoms with Gasteiger partial charge in [0.2, 0.25) is 0 Å². The van der Waals surface area contributed by atoms with Crippen molar-refractivity contribution >= 4 is 0 Å². The second-order valence-electron chi connectivity index (χ2n) is 7.28. The lowest BCUT2D eigenvalue weighted by atomic mass is 9.91. The second-order valence-corrected chi connectivity index (χ2v) is 7.28. The molecule has 1 aromatic heterocycles. The largest absolute Gasteiger partial charge is 0.363 e. The Balaban J connectivity index is 1.59. The molecule has 0 bridgehead atoms. The van der Waals surface area contributed by atoms with Gasteiger partial charge in [0.05, 0.1) is 0 Å². The van der Waals surface area contributed by atoms with Gasteiger partial charge in [-0.05, 0) is 63.6 Å². The molecule has 1 aliphatic heterocycles. The Hall–Kier alpha value is -1.94. The molecular formula is C21H27FN2O. The number of benzene rings is 1. The molecule has 2 heterocycles. The summed E-state index contributed by atoms with van der Waals surface area (Å²) in [6.45, 7) is 6.61. The van der Waals surface area contributed by atoms with Crippen LogP contribution in [0.5, 0.6) is 0 Å². The number of halogens is 1. The second kappa shape index (κ2) is 7.96. The first-order valence-electron chi connectivity index (χ1n) is 9.18. The van der Waals surface area contributed by atoms with E-state index in [1.165, 1.54) is 6.42 Å². The molecule has 0 spiro atoms. The first-order valence-corrected chi connectivity index (χ1v) is 9.18. The average molecular weight is 342 g/mol. The fourth-order valence-corrected chi connectivity index (χ4v) is 3.78. The van der Waals surface area contributed by atoms with Gasteiger partial charge in [-0.15, -0.1) is 0 Å². The van der Waals surface area contributed by atoms with Gasteiger partial charge < -0.3 is 4.98 Å². The van der Waals surface area contributed by atoms with Crippen LogP contribution in [0.25, 0.3) is 0 Å². The number of aromatic amines is 1. The first-order chi connectivity index (χ1) is 12.0. The fraction of sp³-hybridized carbons (Fsp3) is 0.476. The summed E-state index contributed by atoms with van der Waals surface area (Å²) in [5.74, 6) is 0.494. The van der Waals surface area contributed by atoms with Gasteiger partial charge in [0.25, 0.3) is 0 Å². The Morgan fingerprint density at radius 1 is 1.28 bits per heavy atom. The van der Waals surface area contributed by atoms with Gasteiger partial charge >= 0.3 is 0 Å². The number of aromatic nitrogens is 1. The van der Waals surface area contributed by atoms with E-state index in [0.29, 0.717) is 5.92 Å². The predicted octanol–water partition coefficient (Wildman–Crippen LogP) is 3.98. The molecule has 1 fully saturated rings. The number of likely N-dealkylation sites (tertiary alicyclic amines) is 1. The molecule has 0 unspecified atom stereocenters. The van der Waals surface area contributed by atoms with E-state index in [1.807, 2.05) is 32.2 Å². The van der Waals surface area contributed by atoms with E-state index in [9.17, 15) is 9.18 Å². The van der Waals surface area contributed by atoms with Gasteiger partial charge in [-0.2, -0.15) is 0 Å². The number of rotatable bonds is 5. The summed E-state index contributed by atoms with van der Waals surface area (Å²) < 4.78 is 13.8. The Kier molecular flexibility index (Phi) is 5.69. The summed E-state index contributed by atoms with van der Waals surface area (Å²) >= 11 is 0. The summed E-state index contributed by atoms with van der Waals surface area (Å²) in [7, 11) is 0. The Bertz CT molecular complexity index is 784. The number of pyridine rings is 1. The topological polar surface area (TPSA) is 36.1 Å². The van der Waals surface area contributed by atoms with Gasteiger partial charge in [0.15, 0.2) is 5.43 Å². The van der Waals surface area contributed by atoms with E-state index in [4.69, 9.17) is 0 Å². The van der Waals surface area contributed by atoms with Crippen molar-refractivity contribution in [2.45, 2.75) is 46.1 Å². The zero-order valence-electron chi connectivity index (χ0n) is 15.1. The highest BCUT2D eigenvalue weighted by atomic mass is 19.1. The van der Waals surface area contributed by atoms with E-state index >= 15 is 0 Å². The molecule has 1 saturated heterocycles. The number of hydrogen-bond donors (Lipinski definition) is 1. The van der Waals surface area contributed by atoms with Crippen LogP contribution in [0.4, 0.5) is 4.39 Å². The van der Waals surface area contributed by atoms with Gasteiger partial charge in [-0.25, -0.2) is 4.39 Å². The average Bonchev–Trinajstić information content (AvgIpc) is 2.62. The van der Waals surface area contributed by atoms with Gasteiger partial charge in [-0.3, -0.25) is 9.69 Å². The third-order valence-electron chi connectivity index (χ3n) is 5.38. The Morgan fingerprint density at radius 2 is 2.08 bits per heavy atom. The molecule has 1 aromatic carbocycles. The number of hydrogen-bond acceptors (Lipinski definition) is 2. The summed E-state index contributed by atoms with van der Waals surface area (Å²) in [5.41, 5.74) is 3.57. The number of nitrogens with one attached hydrogen (secondary N) is 1. The van der Waals surface area contributed by atoms with Crippen molar-refractivity contribution in [3.8, 4) is 0 Å². The molecule has 4 heteroatoms. The standard InChI is InChI=1S/C21H27FN2O/c1-15-12-23-20(16(2)21(15)25)14-24-11-5-6-17(13-24)9-10-18-7-3-4-8-19(18)22/h3-4,7-8,12,17H,5-6,9-11,13-14H2,1-2H3,(H,23,25)/t17-/m1/s1. The Morgan fingerprint density at radius 3 is 2.88 bits per heavy atom. The van der Waals surface area contributed by atoms with Crippen LogP contribution in [0, 0.1) is 25.6 Å². The smallest absolute Gasteiger partial charge is 0.187 e. The number of nitrogens with zero attached hydrogens (tertiary/aromatic N) is 1. The van der Waals surface area contributed by atoms with Gasteiger partial charge in [-0.1, -0.05) is 18.2 Å². The van der Waals surface area contributed by atoms with Crippen LogP contribution in [0.2, 0.25) is 0 Å². The molecule has 0 aliphatic carbocycles. The SMILES string of the molecule is Cc1c[nH]c(CN2CCC[C@H](CCc3ccccc3F)C2)c(C)c1=O. The fourth-order valence-electron chi connectivity index (χ4n) is 3.78. The van der Waals surface area contributed by atoms with E-state index in [0.717, 1.165) is 61.3 Å². The summed E-state index contributed by atoms with van der Waals surface area (Å²) in [5, 5.41) is 0. The van der Waals surface area contributed by atoms with Crippen LogP contribution in [-0.4, -0.2) is 23.0 Å². The van der Waals surface area contributed by atoms with Crippen LogP contribution >= 0.6 is 0 Å². The van der Waals surface area contributed by atoms with Gasteiger partial charge in [0.1, 0.15) is 5.82 Å². The lowest BCUT2D eigenvalue weighted by Gasteiger charge is -2.33. The van der Waals surface area contributed by atoms with Crippen LogP contribution < -0.4 is 5.43 Å². The monoisotopic (exact) mass is 342 g/mol. The van der Waals surface area contributed by atoms with Crippen LogP contribution in [0.1, 0.15) is 41.6 Å².